The Labute approximate surface area is 72.9 Å². The van der Waals surface area contributed by atoms with Gasteiger partial charge in [-0.1, -0.05) is 6.58 Å². The first-order chi connectivity index (χ1) is 5.86. The zero-order valence-electron chi connectivity index (χ0n) is 7.24. The third-order valence-electron chi connectivity index (χ3n) is 1.76. The van der Waals surface area contributed by atoms with Gasteiger partial charge in [0.05, 0.1) is 6.20 Å². The molecule has 1 rings (SSSR count). The number of hydrogen-bond acceptors (Lipinski definition) is 2. The van der Waals surface area contributed by atoms with E-state index >= 15 is 0 Å². The second-order valence-electron chi connectivity index (χ2n) is 2.76. The van der Waals surface area contributed by atoms with Gasteiger partial charge in [0.15, 0.2) is 0 Å². The van der Waals surface area contributed by atoms with Gasteiger partial charge in [0.2, 0.25) is 0 Å². The molecular formula is C9H15N3. The van der Waals surface area contributed by atoms with E-state index in [-0.39, 0.29) is 0 Å². The van der Waals surface area contributed by atoms with E-state index in [4.69, 9.17) is 5.73 Å². The molecule has 1 heterocycles. The predicted molar refractivity (Wildman–Crippen MR) is 50.6 cm³/mol. The molecule has 3 heteroatoms. The van der Waals surface area contributed by atoms with Gasteiger partial charge in [-0.25, -0.2) is 4.68 Å². The Kier molecular flexibility index (Phi) is 3.54. The van der Waals surface area contributed by atoms with Gasteiger partial charge < -0.3 is 5.73 Å². The topological polar surface area (TPSA) is 43.8 Å². The smallest absolute Gasteiger partial charge is 0.0525 e. The summed E-state index contributed by atoms with van der Waals surface area (Å²) in [6.45, 7) is 4.39. The minimum Gasteiger partial charge on any atom is -0.330 e. The van der Waals surface area contributed by atoms with Gasteiger partial charge in [0.1, 0.15) is 0 Å². The van der Waals surface area contributed by atoms with Gasteiger partial charge in [0.25, 0.3) is 0 Å². The molecular weight excluding hydrogens is 150 g/mol. The average molecular weight is 165 g/mol. The van der Waals surface area contributed by atoms with E-state index in [1.54, 1.807) is 10.9 Å². The Morgan fingerprint density at radius 1 is 1.58 bits per heavy atom. The number of aromatic nitrogens is 2. The van der Waals surface area contributed by atoms with Crippen LogP contribution in [0.4, 0.5) is 0 Å². The summed E-state index contributed by atoms with van der Waals surface area (Å²) in [7, 11) is 0. The Morgan fingerprint density at radius 2 is 2.42 bits per heavy atom. The van der Waals surface area contributed by atoms with Crippen molar-refractivity contribution in [2.24, 2.45) is 5.73 Å². The number of aryl methyl sites for hydroxylation is 1. The summed E-state index contributed by atoms with van der Waals surface area (Å²) < 4.78 is 1.72. The minimum absolute atomic E-state index is 0.773. The summed E-state index contributed by atoms with van der Waals surface area (Å²) >= 11 is 0. The van der Waals surface area contributed by atoms with Crippen LogP contribution in [-0.4, -0.2) is 16.3 Å². The van der Waals surface area contributed by atoms with Crippen molar-refractivity contribution in [1.29, 1.82) is 0 Å². The highest BCUT2D eigenvalue weighted by Gasteiger charge is 1.95. The number of rotatable bonds is 5. The molecule has 0 aromatic carbocycles. The maximum absolute atomic E-state index is 5.39. The van der Waals surface area contributed by atoms with Gasteiger partial charge >= 0.3 is 0 Å². The van der Waals surface area contributed by atoms with Crippen LogP contribution in [0.15, 0.2) is 19.0 Å². The number of hydrogen-bond donors (Lipinski definition) is 1. The molecule has 1 aromatic rings. The van der Waals surface area contributed by atoms with Crippen LogP contribution in [0.25, 0.3) is 6.20 Å². The fourth-order valence-corrected chi connectivity index (χ4v) is 1.08. The van der Waals surface area contributed by atoms with Crippen molar-refractivity contribution in [2.75, 3.05) is 6.54 Å². The van der Waals surface area contributed by atoms with Crippen LogP contribution in [0.2, 0.25) is 0 Å². The third kappa shape index (κ3) is 2.51. The predicted octanol–water partition coefficient (Wildman–Crippen LogP) is 1.26. The van der Waals surface area contributed by atoms with Gasteiger partial charge in [-0.3, -0.25) is 0 Å². The lowest BCUT2D eigenvalue weighted by molar-refractivity contribution is 0.745. The molecule has 0 amide bonds. The molecule has 0 atom stereocenters. The molecule has 0 bridgehead atoms. The lowest BCUT2D eigenvalue weighted by Gasteiger charge is -1.93. The second kappa shape index (κ2) is 4.72. The van der Waals surface area contributed by atoms with Gasteiger partial charge in [-0.05, 0) is 31.4 Å². The summed E-state index contributed by atoms with van der Waals surface area (Å²) in [5, 5.41) is 4.08. The summed E-state index contributed by atoms with van der Waals surface area (Å²) in [6.07, 6.45) is 8.83. The molecule has 0 aliphatic carbocycles. The number of nitrogens with two attached hydrogens (primary N) is 1. The van der Waals surface area contributed by atoms with Crippen LogP contribution >= 0.6 is 0 Å². The summed E-state index contributed by atoms with van der Waals surface area (Å²) in [5.41, 5.74) is 6.64. The van der Waals surface area contributed by atoms with Gasteiger partial charge in [-0.15, -0.1) is 0 Å². The first-order valence-electron chi connectivity index (χ1n) is 4.22. The van der Waals surface area contributed by atoms with Crippen LogP contribution in [-0.2, 0) is 6.42 Å². The lowest BCUT2D eigenvalue weighted by Crippen LogP contribution is -1.98. The number of nitrogens with zero attached hydrogens (tertiary/aromatic N) is 2. The van der Waals surface area contributed by atoms with Crippen LogP contribution < -0.4 is 5.73 Å². The second-order valence-corrected chi connectivity index (χ2v) is 2.76. The van der Waals surface area contributed by atoms with E-state index < -0.39 is 0 Å². The maximum Gasteiger partial charge on any atom is 0.0525 e. The molecule has 0 saturated carbocycles. The normalized spacial score (nSPS) is 10.1. The van der Waals surface area contributed by atoms with Crippen molar-refractivity contribution in [2.45, 2.75) is 19.3 Å². The maximum atomic E-state index is 5.39. The number of unbranched alkanes of at least 4 members (excludes halogenated alkanes) is 1. The van der Waals surface area contributed by atoms with E-state index in [0.717, 1.165) is 25.8 Å². The van der Waals surface area contributed by atoms with E-state index in [0.29, 0.717) is 0 Å². The van der Waals surface area contributed by atoms with Crippen molar-refractivity contribution in [1.82, 2.24) is 9.78 Å². The monoisotopic (exact) mass is 165 g/mol. The molecule has 0 unspecified atom stereocenters. The molecule has 0 spiro atoms. The zero-order valence-corrected chi connectivity index (χ0v) is 7.24. The average Bonchev–Trinajstić information content (AvgIpc) is 2.53. The third-order valence-corrected chi connectivity index (χ3v) is 1.76. The molecule has 1 aromatic heterocycles. The molecule has 66 valence electrons. The first-order valence-corrected chi connectivity index (χ1v) is 4.22. The van der Waals surface area contributed by atoms with Crippen LogP contribution in [0.3, 0.4) is 0 Å². The molecule has 0 aliphatic rings. The summed E-state index contributed by atoms with van der Waals surface area (Å²) in [4.78, 5) is 0. The summed E-state index contributed by atoms with van der Waals surface area (Å²) in [5.74, 6) is 0. The molecule has 0 aliphatic heterocycles. The summed E-state index contributed by atoms with van der Waals surface area (Å²) in [6, 6.07) is 0. The van der Waals surface area contributed by atoms with Crippen LogP contribution in [0.5, 0.6) is 0 Å². The van der Waals surface area contributed by atoms with Crippen LogP contribution in [0.1, 0.15) is 18.4 Å². The van der Waals surface area contributed by atoms with E-state index in [1.807, 2.05) is 12.4 Å². The van der Waals surface area contributed by atoms with Gasteiger partial charge in [0, 0.05) is 12.4 Å². The van der Waals surface area contributed by atoms with E-state index in [1.165, 1.54) is 5.56 Å². The SMILES string of the molecule is C=Cn1cc(CCCCN)cn1. The fourth-order valence-electron chi connectivity index (χ4n) is 1.08. The van der Waals surface area contributed by atoms with Crippen molar-refractivity contribution in [3.8, 4) is 0 Å². The Morgan fingerprint density at radius 3 is 3.00 bits per heavy atom. The fraction of sp³-hybridized carbons (Fsp3) is 0.444. The van der Waals surface area contributed by atoms with E-state index in [9.17, 15) is 0 Å². The molecule has 12 heavy (non-hydrogen) atoms. The zero-order chi connectivity index (χ0) is 8.81. The largest absolute Gasteiger partial charge is 0.330 e. The Balaban J connectivity index is 2.36. The van der Waals surface area contributed by atoms with Crippen molar-refractivity contribution in [3.63, 3.8) is 0 Å². The van der Waals surface area contributed by atoms with E-state index in [2.05, 4.69) is 11.7 Å². The highest BCUT2D eigenvalue weighted by molar-refractivity contribution is 5.17. The first kappa shape index (κ1) is 9.00. The Hall–Kier alpha value is -1.09. The quantitative estimate of drug-likeness (QED) is 0.668. The Bertz CT molecular complexity index is 240. The molecule has 0 saturated heterocycles. The van der Waals surface area contributed by atoms with Crippen LogP contribution in [0, 0.1) is 0 Å². The standard InChI is InChI=1S/C9H15N3/c1-2-12-8-9(7-11-12)5-3-4-6-10/h2,7-8H,1,3-6,10H2. The van der Waals surface area contributed by atoms with Gasteiger partial charge in [-0.2, -0.15) is 5.10 Å². The van der Waals surface area contributed by atoms with Crippen molar-refractivity contribution in [3.05, 3.63) is 24.5 Å². The molecule has 2 N–H and O–H groups in total. The molecule has 0 fully saturated rings. The minimum atomic E-state index is 0.773. The molecule has 0 radical (unpaired) electrons. The lowest BCUT2D eigenvalue weighted by atomic mass is 10.1. The highest BCUT2D eigenvalue weighted by atomic mass is 15.2. The van der Waals surface area contributed by atoms with Crippen molar-refractivity contribution < 1.29 is 0 Å². The van der Waals surface area contributed by atoms with Crippen molar-refractivity contribution >= 4 is 6.20 Å². The molecule has 3 nitrogen and oxygen atoms in total. The highest BCUT2D eigenvalue weighted by Crippen LogP contribution is 2.03.